The molecule has 3 aromatic rings. The third-order valence-corrected chi connectivity index (χ3v) is 5.28. The zero-order valence-corrected chi connectivity index (χ0v) is 17.3. The predicted molar refractivity (Wildman–Crippen MR) is 118 cm³/mol. The minimum atomic E-state index is -0.326. The lowest BCUT2D eigenvalue weighted by Gasteiger charge is -2.31. The number of hydrogen-bond acceptors (Lipinski definition) is 6. The summed E-state index contributed by atoms with van der Waals surface area (Å²) >= 11 is 0. The first kappa shape index (κ1) is 21.2. The fourth-order valence-corrected chi connectivity index (χ4v) is 3.59. The van der Waals surface area contributed by atoms with Gasteiger partial charge in [-0.2, -0.15) is 0 Å². The molecule has 1 aromatic carbocycles. The van der Waals surface area contributed by atoms with Crippen molar-refractivity contribution in [2.45, 2.75) is 19.4 Å². The Hall–Kier alpha value is -4.08. The molecule has 4 rings (SSSR count). The van der Waals surface area contributed by atoms with Gasteiger partial charge in [0.15, 0.2) is 5.82 Å². The van der Waals surface area contributed by atoms with Crippen LogP contribution in [-0.4, -0.2) is 49.4 Å². The molecule has 10 nitrogen and oxygen atoms in total. The van der Waals surface area contributed by atoms with Crippen molar-refractivity contribution in [1.29, 1.82) is 0 Å². The van der Waals surface area contributed by atoms with Crippen LogP contribution in [0, 0.1) is 5.92 Å². The van der Waals surface area contributed by atoms with Gasteiger partial charge in [-0.05, 0) is 36.6 Å². The molecule has 0 saturated carbocycles. The van der Waals surface area contributed by atoms with E-state index >= 15 is 0 Å². The lowest BCUT2D eigenvalue weighted by molar-refractivity contribution is -0.121. The van der Waals surface area contributed by atoms with Gasteiger partial charge in [-0.15, -0.1) is 0 Å². The van der Waals surface area contributed by atoms with Crippen LogP contribution in [0.5, 0.6) is 0 Å². The Balaban J connectivity index is 1.30. The highest BCUT2D eigenvalue weighted by Gasteiger charge is 2.27. The number of nitrogens with zero attached hydrogens (tertiary/aromatic N) is 5. The third-order valence-electron chi connectivity index (χ3n) is 5.28. The molecule has 32 heavy (non-hydrogen) atoms. The number of urea groups is 1. The third kappa shape index (κ3) is 5.34. The van der Waals surface area contributed by atoms with Gasteiger partial charge in [-0.1, -0.05) is 12.1 Å². The maximum Gasteiger partial charge on any atom is 0.347 e. The summed E-state index contributed by atoms with van der Waals surface area (Å²) in [4.78, 5) is 50.3. The first-order valence-electron chi connectivity index (χ1n) is 10.3. The average Bonchev–Trinajstić information content (AvgIpc) is 2.81. The molecular formula is C22H23N7O3. The van der Waals surface area contributed by atoms with E-state index in [-0.39, 0.29) is 23.5 Å². The van der Waals surface area contributed by atoms with Gasteiger partial charge >= 0.3 is 11.7 Å². The summed E-state index contributed by atoms with van der Waals surface area (Å²) in [5, 5.41) is 5.67. The van der Waals surface area contributed by atoms with E-state index in [1.54, 1.807) is 29.4 Å². The molecule has 2 aromatic heterocycles. The normalized spacial score (nSPS) is 14.1. The largest absolute Gasteiger partial charge is 0.347 e. The molecule has 0 unspecified atom stereocenters. The van der Waals surface area contributed by atoms with Gasteiger partial charge < -0.3 is 15.5 Å². The van der Waals surface area contributed by atoms with Gasteiger partial charge in [0.2, 0.25) is 5.91 Å². The van der Waals surface area contributed by atoms with Crippen molar-refractivity contribution < 1.29 is 9.59 Å². The highest BCUT2D eigenvalue weighted by molar-refractivity contribution is 5.92. The number of aromatic nitrogens is 4. The highest BCUT2D eigenvalue weighted by atomic mass is 16.2. The number of piperidine rings is 1. The number of likely N-dealkylation sites (tertiary alicyclic amines) is 1. The zero-order valence-electron chi connectivity index (χ0n) is 17.3. The van der Waals surface area contributed by atoms with Crippen LogP contribution in [0.25, 0.3) is 0 Å². The molecule has 3 amide bonds. The Morgan fingerprint density at radius 1 is 1.03 bits per heavy atom. The SMILES string of the molecule is O=C(Nc1cnccn1)C1CCN(C(=O)Nc2cccc(Cn3cccnc3=O)c2)CC1. The first-order chi connectivity index (χ1) is 15.6. The molecule has 0 aliphatic carbocycles. The van der Waals surface area contributed by atoms with Crippen molar-refractivity contribution in [3.63, 3.8) is 0 Å². The topological polar surface area (TPSA) is 122 Å². The monoisotopic (exact) mass is 433 g/mol. The van der Waals surface area contributed by atoms with Crippen LogP contribution < -0.4 is 16.3 Å². The molecule has 10 heteroatoms. The van der Waals surface area contributed by atoms with Crippen LogP contribution in [0.4, 0.5) is 16.3 Å². The second-order valence-electron chi connectivity index (χ2n) is 7.50. The van der Waals surface area contributed by atoms with E-state index in [0.717, 1.165) is 5.56 Å². The van der Waals surface area contributed by atoms with E-state index in [9.17, 15) is 14.4 Å². The number of rotatable bonds is 5. The van der Waals surface area contributed by atoms with Crippen molar-refractivity contribution in [3.8, 4) is 0 Å². The minimum absolute atomic E-state index is 0.107. The number of hydrogen-bond donors (Lipinski definition) is 2. The summed E-state index contributed by atoms with van der Waals surface area (Å²) < 4.78 is 1.50. The fraction of sp³-hybridized carbons (Fsp3) is 0.273. The molecule has 2 N–H and O–H groups in total. The van der Waals surface area contributed by atoms with E-state index in [4.69, 9.17) is 0 Å². The molecule has 0 bridgehead atoms. The Bertz CT molecular complexity index is 1140. The van der Waals surface area contributed by atoms with E-state index in [1.807, 2.05) is 18.2 Å². The van der Waals surface area contributed by atoms with Gasteiger partial charge in [-0.25, -0.2) is 19.6 Å². The van der Waals surface area contributed by atoms with Crippen LogP contribution in [-0.2, 0) is 11.3 Å². The summed E-state index contributed by atoms with van der Waals surface area (Å²) in [6.07, 6.45) is 8.84. The number of anilines is 2. The quantitative estimate of drug-likeness (QED) is 0.634. The van der Waals surface area contributed by atoms with Gasteiger partial charge in [0.25, 0.3) is 0 Å². The lowest BCUT2D eigenvalue weighted by atomic mass is 9.96. The van der Waals surface area contributed by atoms with Crippen LogP contribution in [0.2, 0.25) is 0 Å². The molecule has 0 atom stereocenters. The van der Waals surface area contributed by atoms with E-state index < -0.39 is 0 Å². The van der Waals surface area contributed by atoms with Gasteiger partial charge in [0, 0.05) is 49.5 Å². The lowest BCUT2D eigenvalue weighted by Crippen LogP contribution is -2.43. The summed E-state index contributed by atoms with van der Waals surface area (Å²) in [6, 6.07) is 8.83. The molecule has 164 valence electrons. The number of carbonyl (C=O) groups excluding carboxylic acids is 2. The standard InChI is InChI=1S/C22H23N7O3/c30-20(27-19-14-23-8-9-24-19)17-5-11-28(12-6-17)22(32)26-18-4-1-3-16(13-18)15-29-10-2-7-25-21(29)31/h1-4,7-10,13-14,17H,5-6,11-12,15H2,(H,26,32)(H,24,27,30). The summed E-state index contributed by atoms with van der Waals surface area (Å²) in [5.74, 6) is 0.136. The van der Waals surface area contributed by atoms with Crippen LogP contribution >= 0.6 is 0 Å². The van der Waals surface area contributed by atoms with Gasteiger partial charge in [-0.3, -0.25) is 14.3 Å². The fourth-order valence-electron chi connectivity index (χ4n) is 3.59. The second kappa shape index (κ2) is 9.82. The number of carbonyl (C=O) groups is 2. The van der Waals surface area contributed by atoms with Crippen LogP contribution in [0.3, 0.4) is 0 Å². The number of amides is 3. The molecular weight excluding hydrogens is 410 g/mol. The highest BCUT2D eigenvalue weighted by Crippen LogP contribution is 2.20. The molecule has 1 aliphatic heterocycles. The smallest absolute Gasteiger partial charge is 0.324 e. The minimum Gasteiger partial charge on any atom is -0.324 e. The Kier molecular flexibility index (Phi) is 6.49. The maximum atomic E-state index is 12.7. The molecule has 3 heterocycles. The van der Waals surface area contributed by atoms with Crippen LogP contribution in [0.1, 0.15) is 18.4 Å². The Morgan fingerprint density at radius 2 is 1.88 bits per heavy atom. The molecule has 1 fully saturated rings. The van der Waals surface area contributed by atoms with E-state index in [1.165, 1.54) is 23.2 Å². The number of benzene rings is 1. The van der Waals surface area contributed by atoms with Crippen molar-refractivity contribution in [1.82, 2.24) is 24.4 Å². The molecule has 1 aliphatic rings. The van der Waals surface area contributed by atoms with Crippen LogP contribution in [0.15, 0.2) is 66.1 Å². The van der Waals surface area contributed by atoms with Crippen molar-refractivity contribution >= 4 is 23.4 Å². The zero-order chi connectivity index (χ0) is 22.3. The second-order valence-corrected chi connectivity index (χ2v) is 7.50. The van der Waals surface area contributed by atoms with Gasteiger partial charge in [0.1, 0.15) is 0 Å². The predicted octanol–water partition coefficient (Wildman–Crippen LogP) is 1.96. The number of nitrogens with one attached hydrogen (secondary N) is 2. The molecule has 1 saturated heterocycles. The maximum absolute atomic E-state index is 12.7. The Labute approximate surface area is 184 Å². The summed E-state index contributed by atoms with van der Waals surface area (Å²) in [7, 11) is 0. The van der Waals surface area contributed by atoms with Crippen molar-refractivity contribution in [3.05, 3.63) is 77.4 Å². The average molecular weight is 433 g/mol. The summed E-state index contributed by atoms with van der Waals surface area (Å²) in [5.41, 5.74) is 1.19. The Morgan fingerprint density at radius 3 is 2.62 bits per heavy atom. The van der Waals surface area contributed by atoms with E-state index in [0.29, 0.717) is 44.0 Å². The van der Waals surface area contributed by atoms with Crippen molar-refractivity contribution in [2.75, 3.05) is 23.7 Å². The first-order valence-corrected chi connectivity index (χ1v) is 10.3. The van der Waals surface area contributed by atoms with E-state index in [2.05, 4.69) is 25.6 Å². The van der Waals surface area contributed by atoms with Crippen molar-refractivity contribution in [2.24, 2.45) is 5.92 Å². The summed E-state index contributed by atoms with van der Waals surface area (Å²) in [6.45, 7) is 1.33. The molecule has 0 radical (unpaired) electrons. The van der Waals surface area contributed by atoms with Gasteiger partial charge in [0.05, 0.1) is 12.7 Å². The molecule has 0 spiro atoms.